The van der Waals surface area contributed by atoms with Crippen LogP contribution in [0.1, 0.15) is 17.5 Å². The maximum Gasteiger partial charge on any atom is 0.387 e. The van der Waals surface area contributed by atoms with E-state index in [0.717, 1.165) is 12.1 Å². The molecule has 1 heterocycles. The highest BCUT2D eigenvalue weighted by Crippen LogP contribution is 2.21. The Kier molecular flexibility index (Phi) is 3.97. The van der Waals surface area contributed by atoms with Crippen molar-refractivity contribution < 1.29 is 27.5 Å². The Hall–Kier alpha value is -2.44. The van der Waals surface area contributed by atoms with E-state index in [-0.39, 0.29) is 29.1 Å². The monoisotopic (exact) mass is 284 g/mol. The van der Waals surface area contributed by atoms with Crippen molar-refractivity contribution in [1.82, 2.24) is 0 Å². The molecule has 1 aromatic heterocycles. The first-order valence-electron chi connectivity index (χ1n) is 5.71. The van der Waals surface area contributed by atoms with E-state index in [1.54, 1.807) is 6.92 Å². The second kappa shape index (κ2) is 5.68. The van der Waals surface area contributed by atoms with Crippen LogP contribution in [0.5, 0.6) is 5.75 Å². The molecule has 0 N–H and O–H groups in total. The number of rotatable bonds is 4. The predicted octanol–water partition coefficient (Wildman–Crippen LogP) is 2.57. The minimum atomic E-state index is -2.99. The molecule has 0 fully saturated rings. The van der Waals surface area contributed by atoms with Gasteiger partial charge >= 0.3 is 12.6 Å². The van der Waals surface area contributed by atoms with Gasteiger partial charge in [-0.05, 0) is 19.1 Å². The maximum absolute atomic E-state index is 12.1. The lowest BCUT2D eigenvalue weighted by Crippen LogP contribution is -2.10. The second-order valence-electron chi connectivity index (χ2n) is 3.73. The molecule has 0 radical (unpaired) electrons. The van der Waals surface area contributed by atoms with E-state index < -0.39 is 18.0 Å². The van der Waals surface area contributed by atoms with E-state index in [2.05, 4.69) is 4.74 Å². The predicted molar refractivity (Wildman–Crippen MR) is 65.1 cm³/mol. The number of hydrogen-bond acceptors (Lipinski definition) is 5. The number of benzene rings is 1. The van der Waals surface area contributed by atoms with E-state index >= 15 is 0 Å². The molecule has 2 aromatic rings. The Labute approximate surface area is 111 Å². The first kappa shape index (κ1) is 14.0. The van der Waals surface area contributed by atoms with Gasteiger partial charge in [-0.15, -0.1) is 0 Å². The third-order valence-electron chi connectivity index (χ3n) is 2.40. The normalized spacial score (nSPS) is 10.8. The first-order chi connectivity index (χ1) is 9.51. The molecule has 1 aromatic carbocycles. The SMILES string of the molecule is CCOC(=O)c1cc(=O)c2ccc(OC(F)F)cc2o1. The molecule has 2 rings (SSSR count). The van der Waals surface area contributed by atoms with Gasteiger partial charge in [-0.1, -0.05) is 0 Å². The van der Waals surface area contributed by atoms with Crippen molar-refractivity contribution in [3.8, 4) is 5.75 Å². The van der Waals surface area contributed by atoms with Gasteiger partial charge in [-0.3, -0.25) is 4.79 Å². The van der Waals surface area contributed by atoms with Crippen LogP contribution in [0.3, 0.4) is 0 Å². The number of fused-ring (bicyclic) bond motifs is 1. The molecular weight excluding hydrogens is 274 g/mol. The zero-order valence-corrected chi connectivity index (χ0v) is 10.4. The molecule has 0 atom stereocenters. The molecule has 20 heavy (non-hydrogen) atoms. The summed E-state index contributed by atoms with van der Waals surface area (Å²) in [5, 5.41) is 0.152. The molecule has 0 aliphatic heterocycles. The van der Waals surface area contributed by atoms with Crippen LogP contribution in [0, 0.1) is 0 Å². The average molecular weight is 284 g/mol. The zero-order valence-electron chi connectivity index (χ0n) is 10.4. The number of esters is 1. The van der Waals surface area contributed by atoms with Crippen LogP contribution < -0.4 is 10.2 Å². The molecule has 7 heteroatoms. The Balaban J connectivity index is 2.50. The van der Waals surface area contributed by atoms with Crippen molar-refractivity contribution in [3.63, 3.8) is 0 Å². The summed E-state index contributed by atoms with van der Waals surface area (Å²) in [6, 6.07) is 4.61. The molecule has 5 nitrogen and oxygen atoms in total. The van der Waals surface area contributed by atoms with Crippen LogP contribution >= 0.6 is 0 Å². The van der Waals surface area contributed by atoms with Gasteiger partial charge in [-0.2, -0.15) is 8.78 Å². The molecule has 0 saturated heterocycles. The quantitative estimate of drug-likeness (QED) is 0.807. The Bertz CT molecular complexity index is 693. The number of ether oxygens (including phenoxy) is 2. The molecular formula is C13H10F2O5. The van der Waals surface area contributed by atoms with Crippen molar-refractivity contribution in [1.29, 1.82) is 0 Å². The maximum atomic E-state index is 12.1. The number of carbonyl (C=O) groups is 1. The zero-order chi connectivity index (χ0) is 14.7. The summed E-state index contributed by atoms with van der Waals surface area (Å²) < 4.78 is 38.3. The number of halogens is 2. The summed E-state index contributed by atoms with van der Waals surface area (Å²) in [5.74, 6) is -1.26. The summed E-state index contributed by atoms with van der Waals surface area (Å²) in [6.45, 7) is -1.27. The van der Waals surface area contributed by atoms with Crippen molar-refractivity contribution >= 4 is 16.9 Å². The van der Waals surface area contributed by atoms with Crippen LogP contribution in [0.15, 0.2) is 33.5 Å². The summed E-state index contributed by atoms with van der Waals surface area (Å²) >= 11 is 0. The highest BCUT2D eigenvalue weighted by atomic mass is 19.3. The van der Waals surface area contributed by atoms with E-state index in [1.165, 1.54) is 12.1 Å². The lowest BCUT2D eigenvalue weighted by atomic mass is 10.2. The highest BCUT2D eigenvalue weighted by Gasteiger charge is 2.14. The summed E-state index contributed by atoms with van der Waals surface area (Å²) in [7, 11) is 0. The van der Waals surface area contributed by atoms with Gasteiger partial charge in [0.05, 0.1) is 12.0 Å². The van der Waals surface area contributed by atoms with Crippen molar-refractivity contribution in [2.24, 2.45) is 0 Å². The smallest absolute Gasteiger partial charge is 0.387 e. The third kappa shape index (κ3) is 2.93. The first-order valence-corrected chi connectivity index (χ1v) is 5.71. The minimum absolute atomic E-state index is 0.0290. The van der Waals surface area contributed by atoms with Crippen LogP contribution in [0.2, 0.25) is 0 Å². The topological polar surface area (TPSA) is 65.7 Å². The lowest BCUT2D eigenvalue weighted by Gasteiger charge is -2.06. The molecule has 0 unspecified atom stereocenters. The van der Waals surface area contributed by atoms with Crippen LogP contribution in [0.25, 0.3) is 11.0 Å². The second-order valence-corrected chi connectivity index (χ2v) is 3.73. The van der Waals surface area contributed by atoms with Gasteiger partial charge in [0.1, 0.15) is 11.3 Å². The lowest BCUT2D eigenvalue weighted by molar-refractivity contribution is -0.0498. The van der Waals surface area contributed by atoms with Gasteiger partial charge in [-0.25, -0.2) is 4.79 Å². The van der Waals surface area contributed by atoms with Crippen molar-refractivity contribution in [2.45, 2.75) is 13.5 Å². The highest BCUT2D eigenvalue weighted by molar-refractivity contribution is 5.89. The summed E-state index contributed by atoms with van der Waals surface area (Å²) in [4.78, 5) is 23.3. The largest absolute Gasteiger partial charge is 0.460 e. The standard InChI is InChI=1S/C13H10F2O5/c1-2-18-12(17)11-6-9(16)8-4-3-7(19-13(14)15)5-10(8)20-11/h3-6,13H,2H2,1H3. The Morgan fingerprint density at radius 1 is 1.35 bits per heavy atom. The third-order valence-corrected chi connectivity index (χ3v) is 2.40. The fourth-order valence-corrected chi connectivity index (χ4v) is 1.61. The van der Waals surface area contributed by atoms with Gasteiger partial charge < -0.3 is 13.9 Å². The minimum Gasteiger partial charge on any atom is -0.460 e. The van der Waals surface area contributed by atoms with E-state index in [0.29, 0.717) is 0 Å². The molecule has 0 aliphatic rings. The molecule has 106 valence electrons. The van der Waals surface area contributed by atoms with Gasteiger partial charge in [0.2, 0.25) is 5.76 Å². The van der Waals surface area contributed by atoms with Crippen molar-refractivity contribution in [3.05, 3.63) is 40.2 Å². The summed E-state index contributed by atoms with van der Waals surface area (Å²) in [5.41, 5.74) is -0.503. The Morgan fingerprint density at radius 2 is 2.10 bits per heavy atom. The fraction of sp³-hybridized carbons (Fsp3) is 0.231. The molecule has 0 aliphatic carbocycles. The molecule has 0 amide bonds. The van der Waals surface area contributed by atoms with Gasteiger partial charge in [0, 0.05) is 12.1 Å². The number of carbonyl (C=O) groups excluding carboxylic acids is 1. The van der Waals surface area contributed by atoms with Gasteiger partial charge in [0.25, 0.3) is 0 Å². The van der Waals surface area contributed by atoms with E-state index in [9.17, 15) is 18.4 Å². The molecule has 0 saturated carbocycles. The summed E-state index contributed by atoms with van der Waals surface area (Å²) in [6.07, 6.45) is 0. The van der Waals surface area contributed by atoms with Crippen LogP contribution in [0.4, 0.5) is 8.78 Å². The Morgan fingerprint density at radius 3 is 2.75 bits per heavy atom. The molecule has 0 spiro atoms. The number of alkyl halides is 2. The van der Waals surface area contributed by atoms with Crippen LogP contribution in [-0.2, 0) is 4.74 Å². The van der Waals surface area contributed by atoms with Crippen molar-refractivity contribution in [2.75, 3.05) is 6.61 Å². The van der Waals surface area contributed by atoms with E-state index in [1.807, 2.05) is 0 Å². The average Bonchev–Trinajstić information content (AvgIpc) is 2.37. The number of hydrogen-bond donors (Lipinski definition) is 0. The van der Waals surface area contributed by atoms with Gasteiger partial charge in [0.15, 0.2) is 5.43 Å². The van der Waals surface area contributed by atoms with E-state index in [4.69, 9.17) is 9.15 Å². The van der Waals surface area contributed by atoms with Crippen LogP contribution in [-0.4, -0.2) is 19.2 Å². The molecule has 0 bridgehead atoms. The fourth-order valence-electron chi connectivity index (χ4n) is 1.61.